The number of alkyl halides is 3. The quantitative estimate of drug-likeness (QED) is 0.646. The number of nitrogens with zero attached hydrogens (tertiary/aromatic N) is 1. The van der Waals surface area contributed by atoms with Crippen molar-refractivity contribution in [1.82, 2.24) is 4.98 Å². The lowest BCUT2D eigenvalue weighted by Crippen LogP contribution is -2.47. The van der Waals surface area contributed by atoms with Crippen LogP contribution in [0.3, 0.4) is 0 Å². The monoisotopic (exact) mass is 474 g/mol. The van der Waals surface area contributed by atoms with Gasteiger partial charge in [-0.2, -0.15) is 17.6 Å². The van der Waals surface area contributed by atoms with Crippen LogP contribution in [0.1, 0.15) is 37.2 Å². The van der Waals surface area contributed by atoms with Crippen LogP contribution < -0.4 is 15.8 Å². The number of ether oxygens (including phenoxy) is 2. The number of hydrogen-bond acceptors (Lipinski definition) is 5. The topological polar surface area (TPSA) is 104 Å². The number of benzene rings is 1. The number of amides is 2. The maximum Gasteiger partial charge on any atom is 0.417 e. The van der Waals surface area contributed by atoms with Crippen LogP contribution in [-0.4, -0.2) is 41.8 Å². The Balaban J connectivity index is 2.11. The Morgan fingerprint density at radius 1 is 1.30 bits per heavy atom. The van der Waals surface area contributed by atoms with Crippen LogP contribution in [0.4, 0.5) is 27.6 Å². The molecule has 0 unspecified atom stereocenters. The Bertz CT molecular complexity index is 1150. The van der Waals surface area contributed by atoms with E-state index in [1.54, 1.807) is 0 Å². The number of halogens is 5. The van der Waals surface area contributed by atoms with E-state index in [2.05, 4.69) is 10.3 Å². The van der Waals surface area contributed by atoms with Crippen molar-refractivity contribution in [2.45, 2.75) is 37.6 Å². The van der Waals surface area contributed by atoms with Gasteiger partial charge in [0.2, 0.25) is 5.82 Å². The third-order valence-corrected chi connectivity index (χ3v) is 5.76. The van der Waals surface area contributed by atoms with Gasteiger partial charge in [0.15, 0.2) is 17.2 Å². The zero-order valence-corrected chi connectivity index (χ0v) is 17.6. The fourth-order valence-electron chi connectivity index (χ4n) is 3.83. The van der Waals surface area contributed by atoms with Gasteiger partial charge in [-0.15, -0.1) is 0 Å². The highest BCUT2D eigenvalue weighted by molar-refractivity contribution is 5.97. The number of hydrogen-bond donors (Lipinski definition) is 2. The normalized spacial score (nSPS) is 25.5. The summed E-state index contributed by atoms with van der Waals surface area (Å²) in [6, 6.07) is 2.32. The van der Waals surface area contributed by atoms with Gasteiger partial charge >= 0.3 is 6.18 Å². The predicted molar refractivity (Wildman–Crippen MR) is 106 cm³/mol. The fraction of sp³-hybridized carbons (Fsp3) is 0.381. The Kier molecular flexibility index (Phi) is 5.95. The Hall–Kier alpha value is -3.28. The summed E-state index contributed by atoms with van der Waals surface area (Å²) in [6.07, 6.45) is -5.71. The maximum atomic E-state index is 14.4. The number of carbonyl (C=O) groups excluding carboxylic acids is 2. The van der Waals surface area contributed by atoms with Crippen molar-refractivity contribution in [1.29, 1.82) is 0 Å². The average Bonchev–Trinajstić information content (AvgIpc) is 3.03. The van der Waals surface area contributed by atoms with Gasteiger partial charge in [-0.3, -0.25) is 14.6 Å². The summed E-state index contributed by atoms with van der Waals surface area (Å²) in [6.45, 7) is 1.91. The number of pyridine rings is 1. The minimum Gasteiger partial charge on any atom is -0.493 e. The standard InChI is InChI=1S/C21H20F5N3O4/c1-9-14(11-4-5-12(22)15(23)16(11)32-3)17(33-20(9,2)21(24,25)26)19(31)29-10-6-7-28-13(8-10)18(27)30/h4-9,14,17H,1-3H3,(H2,27,30)(H,28,29,31)/t9-,14+,17-,20-/m0/s1/i8D. The zero-order valence-electron chi connectivity index (χ0n) is 18.6. The van der Waals surface area contributed by atoms with Gasteiger partial charge in [-0.1, -0.05) is 13.0 Å². The second-order valence-electron chi connectivity index (χ2n) is 7.63. The zero-order chi connectivity index (χ0) is 25.6. The molecule has 3 rings (SSSR count). The highest BCUT2D eigenvalue weighted by Gasteiger charge is 2.65. The first-order valence-corrected chi connectivity index (χ1v) is 9.57. The molecule has 2 aromatic rings. The molecular formula is C21H20F5N3O4. The van der Waals surface area contributed by atoms with E-state index >= 15 is 0 Å². The first-order valence-electron chi connectivity index (χ1n) is 10.1. The van der Waals surface area contributed by atoms with Crippen molar-refractivity contribution in [2.24, 2.45) is 11.7 Å². The van der Waals surface area contributed by atoms with E-state index in [0.29, 0.717) is 6.07 Å². The molecule has 178 valence electrons. The second kappa shape index (κ2) is 8.58. The molecule has 1 aliphatic heterocycles. The van der Waals surface area contributed by atoms with Crippen molar-refractivity contribution in [3.63, 3.8) is 0 Å². The van der Waals surface area contributed by atoms with E-state index in [4.69, 9.17) is 16.6 Å². The molecule has 0 spiro atoms. The van der Waals surface area contributed by atoms with E-state index in [0.717, 1.165) is 32.4 Å². The number of methoxy groups -OCH3 is 1. The molecule has 1 fully saturated rings. The second-order valence-corrected chi connectivity index (χ2v) is 7.63. The van der Waals surface area contributed by atoms with Crippen molar-refractivity contribution < 1.29 is 42.4 Å². The highest BCUT2D eigenvalue weighted by Crippen LogP contribution is 2.55. The number of nitrogens with two attached hydrogens (primary N) is 1. The molecule has 33 heavy (non-hydrogen) atoms. The van der Waals surface area contributed by atoms with Crippen molar-refractivity contribution in [2.75, 3.05) is 12.4 Å². The van der Waals surface area contributed by atoms with Crippen LogP contribution in [0.25, 0.3) is 0 Å². The molecule has 0 bridgehead atoms. The predicted octanol–water partition coefficient (Wildman–Crippen LogP) is 3.55. The summed E-state index contributed by atoms with van der Waals surface area (Å²) in [5.74, 6) is -8.43. The van der Waals surface area contributed by atoms with Gasteiger partial charge in [-0.25, -0.2) is 4.39 Å². The van der Waals surface area contributed by atoms with Crippen LogP contribution in [-0.2, 0) is 9.53 Å². The highest BCUT2D eigenvalue weighted by atomic mass is 19.4. The largest absolute Gasteiger partial charge is 0.493 e. The lowest BCUT2D eigenvalue weighted by molar-refractivity contribution is -0.272. The van der Waals surface area contributed by atoms with Gasteiger partial charge in [-0.05, 0) is 25.1 Å². The molecule has 4 atom stereocenters. The van der Waals surface area contributed by atoms with Gasteiger partial charge in [0.1, 0.15) is 11.8 Å². The lowest BCUT2D eigenvalue weighted by Gasteiger charge is -2.32. The number of anilines is 1. The maximum absolute atomic E-state index is 14.4. The number of aromatic nitrogens is 1. The number of primary amides is 1. The number of nitrogens with one attached hydrogen (secondary N) is 1. The summed E-state index contributed by atoms with van der Waals surface area (Å²) in [5.41, 5.74) is 1.35. The van der Waals surface area contributed by atoms with Gasteiger partial charge < -0.3 is 20.5 Å². The number of carbonyl (C=O) groups is 2. The Morgan fingerprint density at radius 2 is 1.97 bits per heavy atom. The van der Waals surface area contributed by atoms with Gasteiger partial charge in [0.05, 0.1) is 8.48 Å². The lowest BCUT2D eigenvalue weighted by atomic mass is 9.77. The SMILES string of the molecule is [2H]c1c(NC(=O)[C@H]2O[C@](C)(C(F)(F)F)[C@@H](C)[C@@H]2c2ccc(F)c(F)c2OC)ccnc1C(N)=O. The van der Waals surface area contributed by atoms with Crippen LogP contribution in [0.2, 0.25) is 0 Å². The van der Waals surface area contributed by atoms with Crippen LogP contribution >= 0.6 is 0 Å². The van der Waals surface area contributed by atoms with Crippen molar-refractivity contribution >= 4 is 17.5 Å². The minimum atomic E-state index is -4.93. The van der Waals surface area contributed by atoms with Crippen LogP contribution in [0, 0.1) is 17.6 Å². The first-order chi connectivity index (χ1) is 15.7. The fourth-order valence-corrected chi connectivity index (χ4v) is 3.83. The molecule has 12 heteroatoms. The average molecular weight is 474 g/mol. The summed E-state index contributed by atoms with van der Waals surface area (Å²) < 4.78 is 88.2. The molecule has 0 saturated carbocycles. The molecule has 1 saturated heterocycles. The summed E-state index contributed by atoms with van der Waals surface area (Å²) in [5, 5.41) is 2.25. The van der Waals surface area contributed by atoms with Crippen LogP contribution in [0.15, 0.2) is 30.4 Å². The Labute approximate surface area is 186 Å². The molecule has 2 amide bonds. The Morgan fingerprint density at radius 3 is 2.55 bits per heavy atom. The molecule has 1 aromatic carbocycles. The molecule has 0 aliphatic carbocycles. The summed E-state index contributed by atoms with van der Waals surface area (Å²) in [7, 11) is 1.01. The molecule has 1 aliphatic rings. The van der Waals surface area contributed by atoms with E-state index in [-0.39, 0.29) is 11.3 Å². The van der Waals surface area contributed by atoms with E-state index in [1.807, 2.05) is 0 Å². The summed E-state index contributed by atoms with van der Waals surface area (Å²) in [4.78, 5) is 28.2. The van der Waals surface area contributed by atoms with Gasteiger partial charge in [0, 0.05) is 29.3 Å². The molecule has 7 nitrogen and oxygen atoms in total. The smallest absolute Gasteiger partial charge is 0.417 e. The minimum absolute atomic E-state index is 0.208. The first kappa shape index (κ1) is 22.9. The van der Waals surface area contributed by atoms with Crippen molar-refractivity contribution in [3.8, 4) is 5.75 Å². The molecule has 0 radical (unpaired) electrons. The third-order valence-electron chi connectivity index (χ3n) is 5.76. The molecule has 1 aromatic heterocycles. The van der Waals surface area contributed by atoms with Gasteiger partial charge in [0.25, 0.3) is 11.8 Å². The van der Waals surface area contributed by atoms with E-state index < -0.39 is 70.7 Å². The van der Waals surface area contributed by atoms with Crippen molar-refractivity contribution in [3.05, 3.63) is 53.3 Å². The third kappa shape index (κ3) is 4.22. The van der Waals surface area contributed by atoms with E-state index in [9.17, 15) is 31.5 Å². The molecule has 3 N–H and O–H groups in total. The number of rotatable bonds is 5. The summed E-state index contributed by atoms with van der Waals surface area (Å²) >= 11 is 0. The van der Waals surface area contributed by atoms with Crippen LogP contribution in [0.5, 0.6) is 5.75 Å². The molecular weight excluding hydrogens is 453 g/mol. The van der Waals surface area contributed by atoms with E-state index in [1.165, 1.54) is 6.92 Å². The molecule has 2 heterocycles.